The van der Waals surface area contributed by atoms with Crippen molar-refractivity contribution in [2.24, 2.45) is 0 Å². The van der Waals surface area contributed by atoms with Crippen LogP contribution >= 0.6 is 0 Å². The molecule has 2 aromatic carbocycles. The molecule has 1 aromatic heterocycles. The minimum absolute atomic E-state index is 0.0349. The lowest BCUT2D eigenvalue weighted by Crippen LogP contribution is -2.34. The molecule has 0 aliphatic carbocycles. The van der Waals surface area contributed by atoms with Crippen molar-refractivity contribution in [1.82, 2.24) is 14.9 Å². The van der Waals surface area contributed by atoms with Crippen LogP contribution in [0.25, 0.3) is 11.3 Å². The fraction of sp³-hybridized carbons (Fsp3) is 0.333. The molecule has 9 nitrogen and oxygen atoms in total. The van der Waals surface area contributed by atoms with E-state index in [-0.39, 0.29) is 12.0 Å². The Bertz CT molecular complexity index is 1230. The molecule has 0 spiro atoms. The smallest absolute Gasteiger partial charge is 0.241 e. The van der Waals surface area contributed by atoms with Gasteiger partial charge in [0.05, 0.1) is 31.0 Å². The number of likely N-dealkylation sites (N-methyl/N-ethyl adjacent to an activating group) is 2. The predicted octanol–water partition coefficient (Wildman–Crippen LogP) is 3.84. The number of hydrogen-bond donors (Lipinski definition) is 1. The molecule has 4 rings (SSSR count). The van der Waals surface area contributed by atoms with Crippen LogP contribution in [0.3, 0.4) is 0 Å². The summed E-state index contributed by atoms with van der Waals surface area (Å²) < 4.78 is 11.4. The second-order valence-corrected chi connectivity index (χ2v) is 8.83. The van der Waals surface area contributed by atoms with Gasteiger partial charge in [-0.3, -0.25) is 4.79 Å². The van der Waals surface area contributed by atoms with Crippen LogP contribution in [0.15, 0.2) is 54.7 Å². The van der Waals surface area contributed by atoms with E-state index in [0.29, 0.717) is 42.7 Å². The lowest BCUT2D eigenvalue weighted by Gasteiger charge is -2.23. The van der Waals surface area contributed by atoms with Crippen LogP contribution in [-0.2, 0) is 9.53 Å². The van der Waals surface area contributed by atoms with E-state index in [1.54, 1.807) is 37.3 Å². The van der Waals surface area contributed by atoms with Gasteiger partial charge in [-0.2, -0.15) is 5.26 Å². The van der Waals surface area contributed by atoms with Crippen molar-refractivity contribution in [3.8, 4) is 23.1 Å². The normalized spacial score (nSPS) is 13.5. The van der Waals surface area contributed by atoms with Gasteiger partial charge in [-0.1, -0.05) is 0 Å². The molecule has 1 aliphatic rings. The van der Waals surface area contributed by atoms with Gasteiger partial charge in [-0.15, -0.1) is 0 Å². The number of carbonyl (C=O) groups is 1. The average molecular weight is 487 g/mol. The van der Waals surface area contributed by atoms with Crippen LogP contribution in [0.2, 0.25) is 0 Å². The molecule has 0 saturated carbocycles. The Morgan fingerprint density at radius 3 is 2.58 bits per heavy atom. The van der Waals surface area contributed by atoms with Crippen LogP contribution < -0.4 is 15.0 Å². The molecular formula is C27H30N6O3. The van der Waals surface area contributed by atoms with Crippen molar-refractivity contribution in [2.75, 3.05) is 51.1 Å². The lowest BCUT2D eigenvalue weighted by molar-refractivity contribution is -0.127. The highest BCUT2D eigenvalue weighted by molar-refractivity contribution is 5.81. The third kappa shape index (κ3) is 6.29. The van der Waals surface area contributed by atoms with Gasteiger partial charge < -0.3 is 24.6 Å². The van der Waals surface area contributed by atoms with E-state index in [1.165, 1.54) is 0 Å². The number of ether oxygens (including phenoxy) is 2. The van der Waals surface area contributed by atoms with Gasteiger partial charge in [-0.25, -0.2) is 9.97 Å². The first kappa shape index (κ1) is 24.9. The van der Waals surface area contributed by atoms with Gasteiger partial charge >= 0.3 is 0 Å². The van der Waals surface area contributed by atoms with Crippen LogP contribution in [0.5, 0.6) is 5.75 Å². The Hall–Kier alpha value is -4.16. The molecule has 1 N–H and O–H groups in total. The number of benzene rings is 2. The molecule has 0 atom stereocenters. The zero-order valence-corrected chi connectivity index (χ0v) is 20.8. The van der Waals surface area contributed by atoms with Crippen LogP contribution in [0.1, 0.15) is 18.4 Å². The van der Waals surface area contributed by atoms with Gasteiger partial charge in [0.1, 0.15) is 17.9 Å². The van der Waals surface area contributed by atoms with Gasteiger partial charge in [0.25, 0.3) is 0 Å². The number of anilines is 3. The topological polar surface area (TPSA) is 104 Å². The van der Waals surface area contributed by atoms with Gasteiger partial charge in [-0.05, 0) is 48.5 Å². The van der Waals surface area contributed by atoms with Gasteiger partial charge in [0.15, 0.2) is 0 Å². The maximum atomic E-state index is 12.0. The van der Waals surface area contributed by atoms with Crippen molar-refractivity contribution in [2.45, 2.75) is 18.9 Å². The number of nitrogens with zero attached hydrogens (tertiary/aromatic N) is 5. The summed E-state index contributed by atoms with van der Waals surface area (Å²) in [5, 5.41) is 12.9. The number of rotatable bonds is 8. The molecular weight excluding hydrogens is 456 g/mol. The SMILES string of the molecule is CN(C)C(=O)CN(C)c1ccc(Nc2nccc(-c3ccc(OC4CCOCC4)c(C#N)c3)n2)cc1. The number of amides is 1. The summed E-state index contributed by atoms with van der Waals surface area (Å²) in [6.45, 7) is 1.66. The van der Waals surface area contributed by atoms with Gasteiger partial charge in [0, 0.05) is 57.1 Å². The molecule has 0 bridgehead atoms. The highest BCUT2D eigenvalue weighted by Gasteiger charge is 2.17. The Labute approximate surface area is 211 Å². The molecule has 9 heteroatoms. The van der Waals surface area contributed by atoms with Crippen molar-refractivity contribution < 1.29 is 14.3 Å². The molecule has 0 unspecified atom stereocenters. The van der Waals surface area contributed by atoms with Crippen LogP contribution in [-0.4, -0.2) is 67.8 Å². The quantitative estimate of drug-likeness (QED) is 0.512. The second kappa shape index (κ2) is 11.5. The monoisotopic (exact) mass is 486 g/mol. The molecule has 3 aromatic rings. The average Bonchev–Trinajstić information content (AvgIpc) is 2.90. The first-order valence-corrected chi connectivity index (χ1v) is 11.8. The fourth-order valence-electron chi connectivity index (χ4n) is 3.80. The van der Waals surface area contributed by atoms with E-state index in [1.807, 2.05) is 48.3 Å². The van der Waals surface area contributed by atoms with E-state index in [0.717, 1.165) is 29.8 Å². The minimum Gasteiger partial charge on any atom is -0.489 e. The lowest BCUT2D eigenvalue weighted by atomic mass is 10.1. The zero-order valence-electron chi connectivity index (χ0n) is 20.8. The standard InChI is InChI=1S/C27H30N6O3/c1-32(2)26(34)18-33(3)22-7-5-21(6-8-22)30-27-29-13-10-24(31-27)19-4-9-25(20(16-19)17-28)36-23-11-14-35-15-12-23/h4-10,13,16,23H,11-12,14-15,18H2,1-3H3,(H,29,30,31). The zero-order chi connectivity index (χ0) is 25.5. The van der Waals surface area contributed by atoms with Crippen LogP contribution in [0, 0.1) is 11.3 Å². The second-order valence-electron chi connectivity index (χ2n) is 8.83. The largest absolute Gasteiger partial charge is 0.489 e. The molecule has 1 amide bonds. The minimum atomic E-state index is 0.0349. The maximum Gasteiger partial charge on any atom is 0.241 e. The number of hydrogen-bond acceptors (Lipinski definition) is 8. The van der Waals surface area contributed by atoms with E-state index in [9.17, 15) is 10.1 Å². The Morgan fingerprint density at radius 1 is 1.14 bits per heavy atom. The highest BCUT2D eigenvalue weighted by Crippen LogP contribution is 2.28. The summed E-state index contributed by atoms with van der Waals surface area (Å²) in [5.74, 6) is 1.06. The number of aromatic nitrogens is 2. The van der Waals surface area contributed by atoms with Crippen molar-refractivity contribution in [1.29, 1.82) is 5.26 Å². The fourth-order valence-corrected chi connectivity index (χ4v) is 3.80. The third-order valence-electron chi connectivity index (χ3n) is 5.95. The van der Waals surface area contributed by atoms with Crippen molar-refractivity contribution in [3.63, 3.8) is 0 Å². The van der Waals surface area contributed by atoms with Crippen molar-refractivity contribution in [3.05, 3.63) is 60.3 Å². The molecule has 186 valence electrons. The first-order chi connectivity index (χ1) is 17.4. The third-order valence-corrected chi connectivity index (χ3v) is 5.95. The molecule has 1 aliphatic heterocycles. The van der Waals surface area contributed by atoms with E-state index in [2.05, 4.69) is 21.4 Å². The first-order valence-electron chi connectivity index (χ1n) is 11.8. The molecule has 1 saturated heterocycles. The highest BCUT2D eigenvalue weighted by atomic mass is 16.5. The summed E-state index contributed by atoms with van der Waals surface area (Å²) in [5.41, 5.74) is 3.72. The summed E-state index contributed by atoms with van der Waals surface area (Å²) in [6.07, 6.45) is 3.38. The van der Waals surface area contributed by atoms with E-state index < -0.39 is 0 Å². The Balaban J connectivity index is 1.45. The summed E-state index contributed by atoms with van der Waals surface area (Å²) in [4.78, 5) is 24.4. The van der Waals surface area contributed by atoms with E-state index >= 15 is 0 Å². The summed E-state index contributed by atoms with van der Waals surface area (Å²) in [6, 6.07) is 17.3. The molecule has 2 heterocycles. The van der Waals surface area contributed by atoms with Crippen molar-refractivity contribution >= 4 is 23.2 Å². The van der Waals surface area contributed by atoms with E-state index in [4.69, 9.17) is 9.47 Å². The number of carbonyl (C=O) groups excluding carboxylic acids is 1. The Kier molecular flexibility index (Phi) is 7.98. The number of nitriles is 1. The molecule has 1 fully saturated rings. The molecule has 0 radical (unpaired) electrons. The maximum absolute atomic E-state index is 12.0. The number of nitrogens with one attached hydrogen (secondary N) is 1. The summed E-state index contributed by atoms with van der Waals surface area (Å²) in [7, 11) is 5.37. The molecule has 36 heavy (non-hydrogen) atoms. The van der Waals surface area contributed by atoms with Gasteiger partial charge in [0.2, 0.25) is 11.9 Å². The summed E-state index contributed by atoms with van der Waals surface area (Å²) >= 11 is 0. The predicted molar refractivity (Wildman–Crippen MR) is 138 cm³/mol. The van der Waals surface area contributed by atoms with Crippen LogP contribution in [0.4, 0.5) is 17.3 Å². The Morgan fingerprint density at radius 2 is 1.89 bits per heavy atom.